The van der Waals surface area contributed by atoms with E-state index in [0.29, 0.717) is 7.14 Å². The van der Waals surface area contributed by atoms with E-state index in [4.69, 9.17) is 20.4 Å². The number of carboxylic acid groups (broad SMARTS) is 1. The maximum absolute atomic E-state index is 12.9. The van der Waals surface area contributed by atoms with Crippen molar-refractivity contribution in [3.05, 3.63) is 66.3 Å². The van der Waals surface area contributed by atoms with Crippen LogP contribution >= 0.6 is 45.2 Å². The van der Waals surface area contributed by atoms with Crippen LogP contribution in [0.1, 0.15) is 62.3 Å². The number of hydrazine groups is 2. The minimum absolute atomic E-state index is 0.131. The predicted octanol–water partition coefficient (Wildman–Crippen LogP) is 5.11. The van der Waals surface area contributed by atoms with E-state index in [2.05, 4.69) is 10.9 Å². The Balaban J connectivity index is 0.000000612. The second-order valence-corrected chi connectivity index (χ2v) is 11.6. The topological polar surface area (TPSA) is 169 Å². The van der Waals surface area contributed by atoms with E-state index >= 15 is 0 Å². The number of nitrogens with one attached hydrogen (secondary N) is 3. The highest BCUT2D eigenvalue weighted by Crippen LogP contribution is 2.14. The number of amides is 3. The number of nitrogens with two attached hydrogens (primary N) is 1. The molecule has 2 aromatic carbocycles. The van der Waals surface area contributed by atoms with Crippen molar-refractivity contribution in [3.63, 3.8) is 0 Å². The first kappa shape index (κ1) is 36.2. The molecule has 0 saturated carbocycles. The molecule has 0 fully saturated rings. The Hall–Kier alpha value is -2.80. The lowest BCUT2D eigenvalue weighted by molar-refractivity contribution is 0.0481. The van der Waals surface area contributed by atoms with Crippen LogP contribution in [0.3, 0.4) is 0 Å². The first-order valence-corrected chi connectivity index (χ1v) is 13.0. The summed E-state index contributed by atoms with van der Waals surface area (Å²) >= 11 is 3.62. The van der Waals surface area contributed by atoms with Crippen LogP contribution in [0.5, 0.6) is 0 Å². The van der Waals surface area contributed by atoms with Crippen molar-refractivity contribution >= 4 is 69.2 Å². The maximum Gasteiger partial charge on any atom is 0.426 e. The van der Waals surface area contributed by atoms with Gasteiger partial charge in [0.1, 0.15) is 22.8 Å². The normalized spacial score (nSPS) is 10.4. The number of hydrogen-bond donors (Lipinski definition) is 5. The number of halogens is 4. The highest BCUT2D eigenvalue weighted by Gasteiger charge is 2.17. The van der Waals surface area contributed by atoms with Crippen molar-refractivity contribution < 1.29 is 42.5 Å². The molecule has 3 amide bonds. The summed E-state index contributed by atoms with van der Waals surface area (Å²) in [4.78, 5) is 43.8. The Morgan fingerprint density at radius 1 is 0.769 bits per heavy atom. The molecule has 11 nitrogen and oxygen atoms in total. The highest BCUT2D eigenvalue weighted by atomic mass is 127. The molecule has 0 saturated heterocycles. The zero-order valence-electron chi connectivity index (χ0n) is 22.0. The van der Waals surface area contributed by atoms with Crippen LogP contribution in [0.4, 0.5) is 18.4 Å². The lowest BCUT2D eigenvalue weighted by Gasteiger charge is -2.19. The van der Waals surface area contributed by atoms with Gasteiger partial charge in [-0.05, 0) is 123 Å². The fourth-order valence-corrected chi connectivity index (χ4v) is 3.55. The van der Waals surface area contributed by atoms with E-state index in [0.717, 1.165) is 6.07 Å². The molecule has 0 spiro atoms. The lowest BCUT2D eigenvalue weighted by Crippen LogP contribution is -2.44. The largest absolute Gasteiger partial charge is 0.478 e. The number of carbonyl (C=O) groups excluding carboxylic acids is 3. The summed E-state index contributed by atoms with van der Waals surface area (Å²) < 4.78 is 35.8. The Labute approximate surface area is 251 Å². The molecule has 0 bridgehead atoms. The van der Waals surface area contributed by atoms with Gasteiger partial charge < -0.3 is 14.6 Å². The molecule has 0 unspecified atom stereocenters. The van der Waals surface area contributed by atoms with Crippen LogP contribution in [0.2, 0.25) is 0 Å². The van der Waals surface area contributed by atoms with Crippen LogP contribution in [0.15, 0.2) is 36.4 Å². The number of ether oxygens (including phenoxy) is 2. The number of carbonyl (C=O) groups is 4. The van der Waals surface area contributed by atoms with Gasteiger partial charge >= 0.3 is 18.2 Å². The van der Waals surface area contributed by atoms with E-state index < -0.39 is 46.9 Å². The lowest BCUT2D eigenvalue weighted by atomic mass is 10.2. The van der Waals surface area contributed by atoms with Gasteiger partial charge in [0.25, 0.3) is 5.91 Å². The number of aromatic carboxylic acids is 1. The van der Waals surface area contributed by atoms with Crippen molar-refractivity contribution in [2.45, 2.75) is 52.7 Å². The number of benzene rings is 2. The van der Waals surface area contributed by atoms with E-state index in [1.54, 1.807) is 64.1 Å². The molecule has 0 aromatic heterocycles. The number of hydrogen-bond acceptors (Lipinski definition) is 7. The molecule has 2 aromatic rings. The van der Waals surface area contributed by atoms with E-state index in [1.165, 1.54) is 30.3 Å². The Morgan fingerprint density at radius 2 is 1.18 bits per heavy atom. The van der Waals surface area contributed by atoms with Gasteiger partial charge in [-0.3, -0.25) is 15.6 Å². The SMILES string of the molecule is CC(C)(C)OC(=O)NN.CC(C)(C)OC(=O)NNC(=O)c1ccc(F)cc1I.O=C(O)c1ccc(F)cc1I. The second-order valence-electron chi connectivity index (χ2n) is 9.28. The highest BCUT2D eigenvalue weighted by molar-refractivity contribution is 14.1. The van der Waals surface area contributed by atoms with Gasteiger partial charge in [-0.2, -0.15) is 0 Å². The van der Waals surface area contributed by atoms with Gasteiger partial charge in [0.05, 0.1) is 11.1 Å². The van der Waals surface area contributed by atoms with Crippen LogP contribution < -0.4 is 22.1 Å². The summed E-state index contributed by atoms with van der Waals surface area (Å²) in [7, 11) is 0. The molecule has 0 heterocycles. The van der Waals surface area contributed by atoms with Crippen molar-refractivity contribution in [2.75, 3.05) is 0 Å². The van der Waals surface area contributed by atoms with Gasteiger partial charge in [0, 0.05) is 7.14 Å². The fourth-order valence-electron chi connectivity index (χ4n) is 2.12. The van der Waals surface area contributed by atoms with E-state index in [-0.39, 0.29) is 11.1 Å². The molecule has 216 valence electrons. The minimum Gasteiger partial charge on any atom is -0.478 e. The predicted molar refractivity (Wildman–Crippen MR) is 156 cm³/mol. The molecule has 2 rings (SSSR count). The molecule has 39 heavy (non-hydrogen) atoms. The summed E-state index contributed by atoms with van der Waals surface area (Å²) in [5, 5.41) is 8.53. The smallest absolute Gasteiger partial charge is 0.426 e. The third-order valence-corrected chi connectivity index (χ3v) is 5.32. The summed E-state index contributed by atoms with van der Waals surface area (Å²) in [5.74, 6) is 2.33. The zero-order chi connectivity index (χ0) is 30.6. The van der Waals surface area contributed by atoms with Crippen LogP contribution in [-0.4, -0.2) is 40.4 Å². The van der Waals surface area contributed by atoms with Crippen molar-refractivity contribution in [2.24, 2.45) is 5.84 Å². The van der Waals surface area contributed by atoms with Crippen LogP contribution in [0.25, 0.3) is 0 Å². The molecule has 0 atom stereocenters. The molecule has 0 aliphatic carbocycles. The maximum atomic E-state index is 12.9. The van der Waals surface area contributed by atoms with Crippen molar-refractivity contribution in [1.82, 2.24) is 16.3 Å². The molecule has 6 N–H and O–H groups in total. The average molecular weight is 778 g/mol. The Kier molecular flexibility index (Phi) is 15.2. The molecular weight excluding hydrogens is 748 g/mol. The van der Waals surface area contributed by atoms with Crippen LogP contribution in [0, 0.1) is 18.8 Å². The molecular formula is C24H30F2I2N4O7. The fraction of sp³-hybridized carbons (Fsp3) is 0.333. The minimum atomic E-state index is -1.03. The third kappa shape index (κ3) is 16.7. The first-order valence-electron chi connectivity index (χ1n) is 10.9. The number of rotatable bonds is 2. The molecule has 0 aliphatic rings. The Bertz CT molecular complexity index is 1170. The summed E-state index contributed by atoms with van der Waals surface area (Å²) in [5.41, 5.74) is 5.44. The summed E-state index contributed by atoms with van der Waals surface area (Å²) in [6, 6.07) is 7.30. The van der Waals surface area contributed by atoms with Gasteiger partial charge in [-0.25, -0.2) is 34.4 Å². The number of carboxylic acids is 1. The molecule has 0 aliphatic heterocycles. The van der Waals surface area contributed by atoms with Gasteiger partial charge in [0.15, 0.2) is 0 Å². The van der Waals surface area contributed by atoms with Crippen LogP contribution in [-0.2, 0) is 9.47 Å². The molecule has 0 radical (unpaired) electrons. The van der Waals surface area contributed by atoms with Crippen molar-refractivity contribution in [1.29, 1.82) is 0 Å². The van der Waals surface area contributed by atoms with E-state index in [9.17, 15) is 28.0 Å². The monoisotopic (exact) mass is 778 g/mol. The van der Waals surface area contributed by atoms with Gasteiger partial charge in [0.2, 0.25) is 0 Å². The Morgan fingerprint density at radius 3 is 1.51 bits per heavy atom. The summed E-state index contributed by atoms with van der Waals surface area (Å²) in [6.45, 7) is 10.4. The average Bonchev–Trinajstić information content (AvgIpc) is 2.75. The van der Waals surface area contributed by atoms with Crippen molar-refractivity contribution in [3.8, 4) is 0 Å². The van der Waals surface area contributed by atoms with E-state index in [1.807, 2.05) is 28.0 Å². The summed E-state index contributed by atoms with van der Waals surface area (Å²) in [6.07, 6.45) is -1.37. The van der Waals surface area contributed by atoms with Gasteiger partial charge in [-0.15, -0.1) is 0 Å². The second kappa shape index (κ2) is 16.3. The molecule has 15 heteroatoms. The third-order valence-electron chi connectivity index (χ3n) is 3.53. The zero-order valence-corrected chi connectivity index (χ0v) is 26.3. The first-order chi connectivity index (χ1) is 17.8. The van der Waals surface area contributed by atoms with Gasteiger partial charge in [-0.1, -0.05) is 0 Å². The standard InChI is InChI=1S/C12H14FIN2O3.C7H4FIO2.C5H12N2O2/c1-12(2,3)19-11(18)16-15-10(17)8-5-4-7(13)6-9(8)14;8-4-1-2-5(7(10)11)6(9)3-4;1-5(2,3)9-4(8)7-6/h4-6H,1-3H3,(H,15,17)(H,16,18);1-3H,(H,10,11);6H2,1-3H3,(H,7,8). The quantitative estimate of drug-likeness (QED) is 0.121.